The van der Waals surface area contributed by atoms with Crippen molar-refractivity contribution in [3.8, 4) is 5.75 Å². The van der Waals surface area contributed by atoms with Gasteiger partial charge in [-0.3, -0.25) is 4.79 Å². The number of carbonyl (C=O) groups is 1. The number of carbonyl (C=O) groups excluding carboxylic acids is 1. The van der Waals surface area contributed by atoms with E-state index in [-0.39, 0.29) is 16.4 Å². The van der Waals surface area contributed by atoms with Gasteiger partial charge in [0.1, 0.15) is 10.6 Å². The topological polar surface area (TPSA) is 76.6 Å². The first-order chi connectivity index (χ1) is 13.5. The second-order valence-electron chi connectivity index (χ2n) is 6.47. The number of hydrogen-bond acceptors (Lipinski definition) is 6. The first-order valence-corrected chi connectivity index (χ1v) is 11.8. The molecule has 0 bridgehead atoms. The van der Waals surface area contributed by atoms with Crippen LogP contribution in [0.1, 0.15) is 36.5 Å². The molecule has 0 aliphatic carbocycles. The van der Waals surface area contributed by atoms with Crippen LogP contribution in [-0.2, 0) is 10.0 Å². The largest absolute Gasteiger partial charge is 0.494 e. The van der Waals surface area contributed by atoms with E-state index in [1.54, 1.807) is 36.4 Å². The van der Waals surface area contributed by atoms with Crippen LogP contribution in [0.2, 0.25) is 0 Å². The molecule has 0 radical (unpaired) electrons. The van der Waals surface area contributed by atoms with E-state index in [4.69, 9.17) is 4.74 Å². The molecule has 3 rings (SSSR count). The van der Waals surface area contributed by atoms with Crippen LogP contribution < -0.4 is 4.74 Å². The highest BCUT2D eigenvalue weighted by atomic mass is 32.2. The quantitative estimate of drug-likeness (QED) is 0.479. The molecule has 0 saturated carbocycles. The Morgan fingerprint density at radius 2 is 1.82 bits per heavy atom. The number of pyridine rings is 1. The smallest absolute Gasteiger partial charge is 0.244 e. The molecule has 1 fully saturated rings. The fourth-order valence-electron chi connectivity index (χ4n) is 2.99. The van der Waals surface area contributed by atoms with Crippen LogP contribution in [0.4, 0.5) is 0 Å². The minimum atomic E-state index is -3.48. The van der Waals surface area contributed by atoms with Crippen LogP contribution in [-0.4, -0.2) is 48.9 Å². The Bertz CT molecular complexity index is 891. The van der Waals surface area contributed by atoms with Crippen molar-refractivity contribution >= 4 is 27.6 Å². The molecule has 0 spiro atoms. The van der Waals surface area contributed by atoms with E-state index < -0.39 is 10.0 Å². The fourth-order valence-corrected chi connectivity index (χ4v) is 5.19. The highest BCUT2D eigenvalue weighted by Gasteiger charge is 2.26. The first kappa shape index (κ1) is 20.8. The predicted octanol–water partition coefficient (Wildman–Crippen LogP) is 3.63. The molecule has 8 heteroatoms. The van der Waals surface area contributed by atoms with Crippen LogP contribution in [0.25, 0.3) is 0 Å². The Kier molecular flexibility index (Phi) is 7.09. The van der Waals surface area contributed by atoms with E-state index in [0.29, 0.717) is 30.3 Å². The van der Waals surface area contributed by atoms with Crippen LogP contribution in [0, 0.1) is 0 Å². The van der Waals surface area contributed by atoms with E-state index >= 15 is 0 Å². The lowest BCUT2D eigenvalue weighted by Gasteiger charge is -2.25. The van der Waals surface area contributed by atoms with Gasteiger partial charge in [0.25, 0.3) is 0 Å². The van der Waals surface area contributed by atoms with E-state index in [2.05, 4.69) is 4.98 Å². The normalized spacial score (nSPS) is 15.3. The van der Waals surface area contributed by atoms with Gasteiger partial charge in [0.05, 0.1) is 17.4 Å². The van der Waals surface area contributed by atoms with Gasteiger partial charge < -0.3 is 4.74 Å². The second kappa shape index (κ2) is 9.54. The Balaban J connectivity index is 1.58. The second-order valence-corrected chi connectivity index (χ2v) is 9.40. The fraction of sp³-hybridized carbons (Fsp3) is 0.400. The Hall–Kier alpha value is -1.90. The van der Waals surface area contributed by atoms with Crippen molar-refractivity contribution in [2.45, 2.75) is 36.1 Å². The number of thioether (sulfide) groups is 1. The van der Waals surface area contributed by atoms with E-state index in [9.17, 15) is 13.2 Å². The number of ketones is 1. The van der Waals surface area contributed by atoms with Crippen molar-refractivity contribution in [1.29, 1.82) is 0 Å². The number of aromatic nitrogens is 1. The molecule has 28 heavy (non-hydrogen) atoms. The third-order valence-electron chi connectivity index (χ3n) is 4.50. The van der Waals surface area contributed by atoms with Crippen LogP contribution in [0.5, 0.6) is 5.75 Å². The summed E-state index contributed by atoms with van der Waals surface area (Å²) in [6, 6.07) is 10.3. The average Bonchev–Trinajstić information content (AvgIpc) is 2.74. The molecule has 1 aliphatic heterocycles. The molecular formula is C20H24N2O4S2. The maximum atomic E-state index is 12.6. The van der Waals surface area contributed by atoms with Crippen LogP contribution in [0.15, 0.2) is 52.5 Å². The molecule has 1 aromatic heterocycles. The zero-order valence-corrected chi connectivity index (χ0v) is 17.5. The summed E-state index contributed by atoms with van der Waals surface area (Å²) in [7, 11) is -3.48. The number of benzene rings is 1. The number of hydrogen-bond donors (Lipinski definition) is 0. The third-order valence-corrected chi connectivity index (χ3v) is 7.33. The molecule has 150 valence electrons. The minimum absolute atomic E-state index is 0.0140. The molecule has 0 atom stereocenters. The summed E-state index contributed by atoms with van der Waals surface area (Å²) in [6.45, 7) is 3.62. The minimum Gasteiger partial charge on any atom is -0.494 e. The molecule has 2 heterocycles. The molecule has 1 aromatic carbocycles. The summed E-state index contributed by atoms with van der Waals surface area (Å²) in [5.74, 6) is 0.956. The average molecular weight is 421 g/mol. The summed E-state index contributed by atoms with van der Waals surface area (Å²) in [6.07, 6.45) is 4.25. The van der Waals surface area contributed by atoms with Crippen molar-refractivity contribution in [2.75, 3.05) is 25.4 Å². The Morgan fingerprint density at radius 3 is 2.43 bits per heavy atom. The van der Waals surface area contributed by atoms with Crippen molar-refractivity contribution in [3.05, 3.63) is 48.2 Å². The number of piperidine rings is 1. The lowest BCUT2D eigenvalue weighted by Crippen LogP contribution is -2.35. The molecule has 0 amide bonds. The number of Topliss-reactive ketones (excluding diaryl/α,β-unsaturated/α-hetero) is 1. The standard InChI is InChI=1S/C20H24N2O4S2/c1-2-26-17-8-6-16(7-9-17)19(23)15-27-20-11-10-18(14-21-20)28(24,25)22-12-4-3-5-13-22/h6-11,14H,2-5,12-13,15H2,1H3. The maximum absolute atomic E-state index is 12.6. The summed E-state index contributed by atoms with van der Waals surface area (Å²) in [5.41, 5.74) is 0.611. The van der Waals surface area contributed by atoms with Gasteiger partial charge in [-0.25, -0.2) is 13.4 Å². The Morgan fingerprint density at radius 1 is 1.11 bits per heavy atom. The lowest BCUT2D eigenvalue weighted by molar-refractivity contribution is 0.102. The summed E-state index contributed by atoms with van der Waals surface area (Å²) < 4.78 is 32.2. The van der Waals surface area contributed by atoms with Gasteiger partial charge in [0, 0.05) is 24.8 Å². The van der Waals surface area contributed by atoms with E-state index in [1.807, 2.05) is 6.92 Å². The molecule has 2 aromatic rings. The van der Waals surface area contributed by atoms with Gasteiger partial charge in [-0.15, -0.1) is 0 Å². The third kappa shape index (κ3) is 5.12. The molecule has 0 N–H and O–H groups in total. The van der Waals surface area contributed by atoms with E-state index in [0.717, 1.165) is 25.0 Å². The van der Waals surface area contributed by atoms with Gasteiger partial charge >= 0.3 is 0 Å². The van der Waals surface area contributed by atoms with Crippen LogP contribution in [0.3, 0.4) is 0 Å². The number of rotatable bonds is 8. The zero-order valence-electron chi connectivity index (χ0n) is 15.8. The first-order valence-electron chi connectivity index (χ1n) is 9.36. The highest BCUT2D eigenvalue weighted by molar-refractivity contribution is 7.99. The Labute approximate surface area is 170 Å². The van der Waals surface area contributed by atoms with Gasteiger partial charge in [-0.1, -0.05) is 18.2 Å². The van der Waals surface area contributed by atoms with E-state index in [1.165, 1.54) is 22.3 Å². The van der Waals surface area contributed by atoms with Gasteiger partial charge in [-0.2, -0.15) is 4.31 Å². The SMILES string of the molecule is CCOc1ccc(C(=O)CSc2ccc(S(=O)(=O)N3CCCCC3)cn2)cc1. The molecular weight excluding hydrogens is 396 g/mol. The number of nitrogens with zero attached hydrogens (tertiary/aromatic N) is 2. The van der Waals surface area contributed by atoms with Gasteiger partial charge in [0.15, 0.2) is 5.78 Å². The summed E-state index contributed by atoms with van der Waals surface area (Å²) in [4.78, 5) is 16.8. The van der Waals surface area contributed by atoms with Crippen molar-refractivity contribution in [1.82, 2.24) is 9.29 Å². The maximum Gasteiger partial charge on any atom is 0.244 e. The van der Waals surface area contributed by atoms with Crippen molar-refractivity contribution in [3.63, 3.8) is 0 Å². The monoisotopic (exact) mass is 420 g/mol. The van der Waals surface area contributed by atoms with Crippen LogP contribution >= 0.6 is 11.8 Å². The number of sulfonamides is 1. The molecule has 1 saturated heterocycles. The van der Waals surface area contributed by atoms with Crippen molar-refractivity contribution in [2.24, 2.45) is 0 Å². The predicted molar refractivity (Wildman–Crippen MR) is 110 cm³/mol. The molecule has 6 nitrogen and oxygen atoms in total. The molecule has 0 unspecified atom stereocenters. The van der Waals surface area contributed by atoms with Gasteiger partial charge in [0.2, 0.25) is 10.0 Å². The van der Waals surface area contributed by atoms with Crippen molar-refractivity contribution < 1.29 is 17.9 Å². The number of ether oxygens (including phenoxy) is 1. The lowest BCUT2D eigenvalue weighted by atomic mass is 10.1. The highest BCUT2D eigenvalue weighted by Crippen LogP contribution is 2.23. The summed E-state index contributed by atoms with van der Waals surface area (Å²) >= 11 is 1.29. The van der Waals surface area contributed by atoms with Gasteiger partial charge in [-0.05, 0) is 56.2 Å². The molecule has 1 aliphatic rings. The zero-order chi connectivity index (χ0) is 20.0. The summed E-state index contributed by atoms with van der Waals surface area (Å²) in [5, 5.41) is 0.622.